The molecule has 0 heterocycles. The van der Waals surface area contributed by atoms with Crippen LogP contribution in [-0.2, 0) is 4.79 Å². The molecule has 3 N–H and O–H groups in total. The number of rotatable bonds is 44. The highest BCUT2D eigenvalue weighted by Crippen LogP contribution is 2.16. The van der Waals surface area contributed by atoms with Gasteiger partial charge in [0.05, 0.1) is 18.8 Å². The highest BCUT2D eigenvalue weighted by Gasteiger charge is 2.18. The molecule has 0 aromatic rings. The van der Waals surface area contributed by atoms with E-state index < -0.39 is 12.1 Å². The number of carbonyl (C=O) groups excluding carboxylic acids is 1. The minimum absolute atomic E-state index is 0.0628. The Balaban J connectivity index is 3.41. The van der Waals surface area contributed by atoms with Gasteiger partial charge in [0.2, 0.25) is 5.91 Å². The maximum Gasteiger partial charge on any atom is 0.220 e. The van der Waals surface area contributed by atoms with Gasteiger partial charge in [0.25, 0.3) is 0 Å². The molecular weight excluding hydrogens is 651 g/mol. The Morgan fingerprint density at radius 1 is 0.434 bits per heavy atom. The van der Waals surface area contributed by atoms with Crippen molar-refractivity contribution in [2.75, 3.05) is 6.61 Å². The van der Waals surface area contributed by atoms with E-state index in [-0.39, 0.29) is 12.5 Å². The van der Waals surface area contributed by atoms with Gasteiger partial charge in [-0.25, -0.2) is 0 Å². The molecule has 4 heteroatoms. The topological polar surface area (TPSA) is 69.6 Å². The first-order valence-corrected chi connectivity index (χ1v) is 24.1. The van der Waals surface area contributed by atoms with Gasteiger partial charge in [0.1, 0.15) is 0 Å². The van der Waals surface area contributed by atoms with Crippen LogP contribution in [-0.4, -0.2) is 34.9 Å². The minimum atomic E-state index is -0.834. The lowest BCUT2D eigenvalue weighted by molar-refractivity contribution is -0.123. The Bertz CT molecular complexity index is 765. The molecule has 0 aliphatic carbocycles. The Morgan fingerprint density at radius 3 is 1.04 bits per heavy atom. The van der Waals surface area contributed by atoms with Gasteiger partial charge < -0.3 is 15.5 Å². The van der Waals surface area contributed by atoms with Crippen LogP contribution in [0.4, 0.5) is 0 Å². The van der Waals surface area contributed by atoms with E-state index in [2.05, 4.69) is 31.3 Å². The molecule has 0 aromatic carbocycles. The van der Waals surface area contributed by atoms with Gasteiger partial charge in [0, 0.05) is 6.42 Å². The molecule has 0 aliphatic rings. The number of aliphatic hydroxyl groups is 2. The molecule has 53 heavy (non-hydrogen) atoms. The largest absolute Gasteiger partial charge is 0.394 e. The van der Waals surface area contributed by atoms with Crippen molar-refractivity contribution in [3.63, 3.8) is 0 Å². The molecule has 4 nitrogen and oxygen atoms in total. The smallest absolute Gasteiger partial charge is 0.220 e. The lowest BCUT2D eigenvalue weighted by Gasteiger charge is -2.20. The fraction of sp³-hybridized carbons (Fsp3) is 0.898. The fourth-order valence-corrected chi connectivity index (χ4v) is 7.47. The van der Waals surface area contributed by atoms with Crippen LogP contribution < -0.4 is 5.32 Å². The fourth-order valence-electron chi connectivity index (χ4n) is 7.47. The third kappa shape index (κ3) is 41.9. The highest BCUT2D eigenvalue weighted by atomic mass is 16.3. The summed E-state index contributed by atoms with van der Waals surface area (Å²) in [5, 5.41) is 22.9. The van der Waals surface area contributed by atoms with Crippen molar-refractivity contribution in [3.05, 3.63) is 24.3 Å². The quantitative estimate of drug-likeness (QED) is 0.0430. The zero-order valence-corrected chi connectivity index (χ0v) is 36.1. The van der Waals surface area contributed by atoms with Gasteiger partial charge >= 0.3 is 0 Å². The Hall–Kier alpha value is -1.13. The molecule has 2 atom stereocenters. The predicted molar refractivity (Wildman–Crippen MR) is 235 cm³/mol. The monoisotopic (exact) mass is 746 g/mol. The predicted octanol–water partition coefficient (Wildman–Crippen LogP) is 15.2. The zero-order chi connectivity index (χ0) is 38.6. The zero-order valence-electron chi connectivity index (χ0n) is 36.1. The summed E-state index contributed by atoms with van der Waals surface area (Å²) in [6, 6.07) is -0.617. The maximum absolute atomic E-state index is 12.4. The van der Waals surface area contributed by atoms with E-state index in [1.165, 1.54) is 218 Å². The van der Waals surface area contributed by atoms with E-state index >= 15 is 0 Å². The minimum Gasteiger partial charge on any atom is -0.394 e. The number of unbranched alkanes of at least 4 members (excludes halogenated alkanes) is 35. The van der Waals surface area contributed by atoms with Crippen molar-refractivity contribution in [1.29, 1.82) is 0 Å². The second-order valence-corrected chi connectivity index (χ2v) is 16.5. The highest BCUT2D eigenvalue weighted by molar-refractivity contribution is 5.76. The summed E-state index contributed by atoms with van der Waals surface area (Å²) in [7, 11) is 0. The van der Waals surface area contributed by atoms with Crippen molar-refractivity contribution in [3.8, 4) is 0 Å². The number of hydrogen-bond acceptors (Lipinski definition) is 3. The number of nitrogens with one attached hydrogen (secondary N) is 1. The molecule has 0 spiro atoms. The molecule has 0 aliphatic heterocycles. The lowest BCUT2D eigenvalue weighted by Crippen LogP contribution is -2.45. The third-order valence-electron chi connectivity index (χ3n) is 11.2. The van der Waals surface area contributed by atoms with Gasteiger partial charge in [-0.05, 0) is 44.9 Å². The van der Waals surface area contributed by atoms with Gasteiger partial charge in [-0.2, -0.15) is 0 Å². The lowest BCUT2D eigenvalue weighted by atomic mass is 10.0. The summed E-state index contributed by atoms with van der Waals surface area (Å²) >= 11 is 0. The summed E-state index contributed by atoms with van der Waals surface area (Å²) in [5.74, 6) is -0.0628. The normalized spacial score (nSPS) is 13.1. The molecule has 0 aromatic heterocycles. The van der Waals surface area contributed by atoms with E-state index in [0.29, 0.717) is 6.42 Å². The van der Waals surface area contributed by atoms with Gasteiger partial charge in [-0.1, -0.05) is 237 Å². The number of carbonyl (C=O) groups is 1. The Labute approximate surface area is 332 Å². The molecule has 2 unspecified atom stereocenters. The van der Waals surface area contributed by atoms with Gasteiger partial charge in [-0.15, -0.1) is 0 Å². The van der Waals surface area contributed by atoms with E-state index in [1.54, 1.807) is 6.08 Å². The second-order valence-electron chi connectivity index (χ2n) is 16.5. The van der Waals surface area contributed by atoms with Crippen LogP contribution in [0.2, 0.25) is 0 Å². The third-order valence-corrected chi connectivity index (χ3v) is 11.2. The van der Waals surface area contributed by atoms with Crippen molar-refractivity contribution in [2.45, 2.75) is 276 Å². The van der Waals surface area contributed by atoms with Crippen molar-refractivity contribution in [2.24, 2.45) is 0 Å². The first-order chi connectivity index (χ1) is 26.2. The van der Waals surface area contributed by atoms with E-state index in [0.717, 1.165) is 25.7 Å². The van der Waals surface area contributed by atoms with E-state index in [9.17, 15) is 15.0 Å². The van der Waals surface area contributed by atoms with Crippen LogP contribution in [0.15, 0.2) is 24.3 Å². The first-order valence-electron chi connectivity index (χ1n) is 24.1. The summed E-state index contributed by atoms with van der Waals surface area (Å²) in [4.78, 5) is 12.4. The molecule has 1 amide bonds. The molecule has 0 radical (unpaired) electrons. The van der Waals surface area contributed by atoms with Crippen LogP contribution in [0, 0.1) is 0 Å². The van der Waals surface area contributed by atoms with E-state index in [4.69, 9.17) is 0 Å². The summed E-state index contributed by atoms with van der Waals surface area (Å²) in [5.41, 5.74) is 0. The molecule has 0 fully saturated rings. The maximum atomic E-state index is 12.4. The van der Waals surface area contributed by atoms with Crippen molar-refractivity contribution >= 4 is 5.91 Å². The van der Waals surface area contributed by atoms with Crippen LogP contribution in [0.25, 0.3) is 0 Å². The Morgan fingerprint density at radius 2 is 0.717 bits per heavy atom. The summed E-state index contributed by atoms with van der Waals surface area (Å²) in [6.07, 6.45) is 58.9. The van der Waals surface area contributed by atoms with Crippen LogP contribution in [0.1, 0.15) is 264 Å². The standard InChI is InChI=1S/C49H95NO3/c1-3-5-7-9-11-13-15-16-17-18-19-20-21-22-23-24-25-26-27-28-29-30-31-32-33-34-35-37-39-41-43-45-49(53)50-47(46-51)48(52)44-42-40-38-36-14-12-10-8-6-4-2/h22-23,42,44,47-48,51-52H,3-21,24-41,43,45-46H2,1-2H3,(H,50,53)/b23-22-,44-42+. The van der Waals surface area contributed by atoms with Crippen LogP contribution >= 0.6 is 0 Å². The molecular formula is C49H95NO3. The Kier molecular flexibility index (Phi) is 44.3. The number of aliphatic hydroxyl groups excluding tert-OH is 2. The summed E-state index contributed by atoms with van der Waals surface area (Å²) < 4.78 is 0. The molecule has 0 rings (SSSR count). The van der Waals surface area contributed by atoms with Crippen LogP contribution in [0.5, 0.6) is 0 Å². The number of amides is 1. The van der Waals surface area contributed by atoms with Gasteiger partial charge in [0.15, 0.2) is 0 Å². The summed E-state index contributed by atoms with van der Waals surface area (Å²) in [6.45, 7) is 4.30. The second kappa shape index (κ2) is 45.3. The number of allylic oxidation sites excluding steroid dienone is 3. The number of hydrogen-bond donors (Lipinski definition) is 3. The SMILES string of the molecule is CCCCCCCCCC/C=C/C(O)C(CO)NC(=O)CCCCCCCCCCCCCCCCC/C=C\CCCCCCCCCCCCCC. The average molecular weight is 746 g/mol. The van der Waals surface area contributed by atoms with Crippen LogP contribution in [0.3, 0.4) is 0 Å². The van der Waals surface area contributed by atoms with E-state index in [1.807, 2.05) is 6.08 Å². The average Bonchev–Trinajstić information content (AvgIpc) is 3.16. The first kappa shape index (κ1) is 51.9. The van der Waals surface area contributed by atoms with Crippen molar-refractivity contribution < 1.29 is 15.0 Å². The molecule has 0 saturated heterocycles. The van der Waals surface area contributed by atoms with Gasteiger partial charge in [-0.3, -0.25) is 4.79 Å². The molecule has 314 valence electrons. The molecule has 0 bridgehead atoms. The molecule has 0 saturated carbocycles. The van der Waals surface area contributed by atoms with Crippen molar-refractivity contribution in [1.82, 2.24) is 5.32 Å².